The van der Waals surface area contributed by atoms with Gasteiger partial charge in [-0.3, -0.25) is 0 Å². The van der Waals surface area contributed by atoms with Crippen molar-refractivity contribution >= 4 is 13.8 Å². The fourth-order valence-electron chi connectivity index (χ4n) is 2.52. The number of halogens is 1. The maximum atomic E-state index is 13.3. The van der Waals surface area contributed by atoms with Gasteiger partial charge < -0.3 is 5.32 Å². The minimum absolute atomic E-state index is 0.108. The van der Waals surface area contributed by atoms with Crippen LogP contribution in [0.3, 0.4) is 0 Å². The minimum Gasteiger partial charge on any atom is -0.385 e. The van der Waals surface area contributed by atoms with Gasteiger partial charge in [0.1, 0.15) is 5.82 Å². The molecule has 0 aromatic heterocycles. The molecule has 1 heterocycles. The maximum Gasteiger partial charge on any atom is 0.123 e. The van der Waals surface area contributed by atoms with E-state index in [1.54, 1.807) is 12.1 Å². The Labute approximate surface area is 98.1 Å². The van der Waals surface area contributed by atoms with E-state index in [0.717, 1.165) is 18.7 Å². The van der Waals surface area contributed by atoms with E-state index in [1.807, 2.05) is 6.07 Å². The second-order valence-electron chi connectivity index (χ2n) is 5.91. The molecule has 3 heteroatoms. The van der Waals surface area contributed by atoms with Crippen LogP contribution in [-0.2, 0) is 0 Å². The molecule has 1 N–H and O–H groups in total. The summed E-state index contributed by atoms with van der Waals surface area (Å²) in [5, 5.41) is 3.35. The summed E-state index contributed by atoms with van der Waals surface area (Å²) in [4.78, 5) is 0. The Morgan fingerprint density at radius 2 is 2.12 bits per heavy atom. The van der Waals surface area contributed by atoms with Crippen molar-refractivity contribution in [1.29, 1.82) is 0 Å². The number of benzene rings is 1. The van der Waals surface area contributed by atoms with E-state index in [-0.39, 0.29) is 5.82 Å². The summed E-state index contributed by atoms with van der Waals surface area (Å²) < 4.78 is 13.3. The molecule has 0 amide bonds. The summed E-state index contributed by atoms with van der Waals surface area (Å²) in [5.41, 5.74) is 2.32. The SMILES string of the molecule is C[Si](C)(C)CC1CCNc2ccc(F)cc21. The summed E-state index contributed by atoms with van der Waals surface area (Å²) in [6.07, 6.45) is 1.14. The Hall–Kier alpha value is -0.833. The Kier molecular flexibility index (Phi) is 3.06. The molecule has 16 heavy (non-hydrogen) atoms. The van der Waals surface area contributed by atoms with Crippen molar-refractivity contribution in [2.24, 2.45) is 0 Å². The molecule has 88 valence electrons. The fourth-order valence-corrected chi connectivity index (χ4v) is 4.42. The van der Waals surface area contributed by atoms with Gasteiger partial charge in [0.05, 0.1) is 0 Å². The molecule has 1 nitrogen and oxygen atoms in total. The standard InChI is InChI=1S/C13H20FNSi/c1-16(2,3)9-10-6-7-15-13-5-4-11(14)8-12(10)13/h4-5,8,10,15H,6-7,9H2,1-3H3. The van der Waals surface area contributed by atoms with Crippen molar-refractivity contribution in [2.75, 3.05) is 11.9 Å². The predicted octanol–water partition coefficient (Wildman–Crippen LogP) is 4.06. The van der Waals surface area contributed by atoms with Crippen molar-refractivity contribution in [3.8, 4) is 0 Å². The fraction of sp³-hybridized carbons (Fsp3) is 0.538. The lowest BCUT2D eigenvalue weighted by molar-refractivity contribution is 0.612. The second kappa shape index (κ2) is 4.21. The maximum absolute atomic E-state index is 13.3. The molecule has 1 unspecified atom stereocenters. The van der Waals surface area contributed by atoms with Crippen molar-refractivity contribution in [3.63, 3.8) is 0 Å². The smallest absolute Gasteiger partial charge is 0.123 e. The first-order chi connectivity index (χ1) is 7.46. The summed E-state index contributed by atoms with van der Waals surface area (Å²) in [6, 6.07) is 6.39. The zero-order valence-electron chi connectivity index (χ0n) is 10.3. The number of fused-ring (bicyclic) bond motifs is 1. The van der Waals surface area contributed by atoms with Gasteiger partial charge in [-0.2, -0.15) is 0 Å². The average Bonchev–Trinajstić information content (AvgIpc) is 2.17. The molecule has 1 aliphatic rings. The van der Waals surface area contributed by atoms with Crippen LogP contribution in [0, 0.1) is 5.82 Å². The van der Waals surface area contributed by atoms with Crippen LogP contribution in [0.15, 0.2) is 18.2 Å². The largest absolute Gasteiger partial charge is 0.385 e. The molecule has 0 fully saturated rings. The molecule has 1 aromatic rings. The van der Waals surface area contributed by atoms with E-state index in [9.17, 15) is 4.39 Å². The number of hydrogen-bond acceptors (Lipinski definition) is 1. The highest BCUT2D eigenvalue weighted by Crippen LogP contribution is 2.37. The van der Waals surface area contributed by atoms with Crippen LogP contribution < -0.4 is 5.32 Å². The highest BCUT2D eigenvalue weighted by molar-refractivity contribution is 6.76. The summed E-state index contributed by atoms with van der Waals surface area (Å²) >= 11 is 0. The monoisotopic (exact) mass is 237 g/mol. The first-order valence-electron chi connectivity index (χ1n) is 5.99. The molecule has 2 rings (SSSR count). The van der Waals surface area contributed by atoms with Gasteiger partial charge in [0.2, 0.25) is 0 Å². The second-order valence-corrected chi connectivity index (χ2v) is 11.4. The molecule has 0 saturated heterocycles. The van der Waals surface area contributed by atoms with Gasteiger partial charge in [-0.15, -0.1) is 0 Å². The molecule has 0 aliphatic carbocycles. The van der Waals surface area contributed by atoms with Gasteiger partial charge in [-0.1, -0.05) is 25.7 Å². The first kappa shape index (κ1) is 11.6. The minimum atomic E-state index is -1.08. The van der Waals surface area contributed by atoms with Gasteiger partial charge in [0.25, 0.3) is 0 Å². The third-order valence-electron chi connectivity index (χ3n) is 3.12. The summed E-state index contributed by atoms with van der Waals surface area (Å²) in [7, 11) is -1.08. The molecule has 1 aromatic carbocycles. The van der Waals surface area contributed by atoms with Crippen LogP contribution in [0.4, 0.5) is 10.1 Å². The quantitative estimate of drug-likeness (QED) is 0.765. The van der Waals surface area contributed by atoms with Gasteiger partial charge >= 0.3 is 0 Å². The molecular weight excluding hydrogens is 217 g/mol. The third-order valence-corrected chi connectivity index (χ3v) is 4.84. The van der Waals surface area contributed by atoms with E-state index in [1.165, 1.54) is 11.6 Å². The Morgan fingerprint density at radius 1 is 1.38 bits per heavy atom. The molecule has 0 radical (unpaired) electrons. The van der Waals surface area contributed by atoms with Crippen LogP contribution >= 0.6 is 0 Å². The van der Waals surface area contributed by atoms with E-state index >= 15 is 0 Å². The Morgan fingerprint density at radius 3 is 2.81 bits per heavy atom. The zero-order valence-corrected chi connectivity index (χ0v) is 11.3. The lowest BCUT2D eigenvalue weighted by Crippen LogP contribution is -2.26. The van der Waals surface area contributed by atoms with E-state index < -0.39 is 8.07 Å². The van der Waals surface area contributed by atoms with Crippen LogP contribution in [0.2, 0.25) is 25.7 Å². The van der Waals surface area contributed by atoms with Crippen LogP contribution in [0.1, 0.15) is 17.9 Å². The van der Waals surface area contributed by atoms with Crippen LogP contribution in [0.25, 0.3) is 0 Å². The van der Waals surface area contributed by atoms with E-state index in [0.29, 0.717) is 5.92 Å². The Bertz CT molecular complexity index is 384. The van der Waals surface area contributed by atoms with Crippen LogP contribution in [0.5, 0.6) is 0 Å². The van der Waals surface area contributed by atoms with E-state index in [2.05, 4.69) is 25.0 Å². The molecule has 0 saturated carbocycles. The van der Waals surface area contributed by atoms with Crippen LogP contribution in [-0.4, -0.2) is 14.6 Å². The van der Waals surface area contributed by atoms with Gasteiger partial charge in [-0.05, 0) is 36.1 Å². The van der Waals surface area contributed by atoms with Gasteiger partial charge in [0, 0.05) is 20.3 Å². The first-order valence-corrected chi connectivity index (χ1v) is 9.70. The topological polar surface area (TPSA) is 12.0 Å². The third kappa shape index (κ3) is 2.64. The Balaban J connectivity index is 2.28. The van der Waals surface area contributed by atoms with Crippen molar-refractivity contribution < 1.29 is 4.39 Å². The highest BCUT2D eigenvalue weighted by atomic mass is 28.3. The molecule has 1 atom stereocenters. The van der Waals surface area contributed by atoms with Gasteiger partial charge in [0.15, 0.2) is 0 Å². The number of anilines is 1. The lowest BCUT2D eigenvalue weighted by atomic mass is 9.92. The predicted molar refractivity (Wildman–Crippen MR) is 70.4 cm³/mol. The average molecular weight is 237 g/mol. The molecule has 0 bridgehead atoms. The van der Waals surface area contributed by atoms with E-state index in [4.69, 9.17) is 0 Å². The lowest BCUT2D eigenvalue weighted by Gasteiger charge is -2.30. The molecule has 0 spiro atoms. The number of hydrogen-bond donors (Lipinski definition) is 1. The van der Waals surface area contributed by atoms with Gasteiger partial charge in [-0.25, -0.2) is 4.39 Å². The highest BCUT2D eigenvalue weighted by Gasteiger charge is 2.26. The summed E-state index contributed by atoms with van der Waals surface area (Å²) in [6.45, 7) is 8.17. The number of nitrogens with one attached hydrogen (secondary N) is 1. The number of rotatable bonds is 2. The summed E-state index contributed by atoms with van der Waals surface area (Å²) in [5.74, 6) is 0.446. The van der Waals surface area contributed by atoms with Crippen molar-refractivity contribution in [2.45, 2.75) is 38.0 Å². The van der Waals surface area contributed by atoms with Crippen molar-refractivity contribution in [1.82, 2.24) is 0 Å². The molecule has 1 aliphatic heterocycles. The normalized spacial score (nSPS) is 20.1. The molecular formula is C13H20FNSi. The zero-order chi connectivity index (χ0) is 11.8. The van der Waals surface area contributed by atoms with Crippen molar-refractivity contribution in [3.05, 3.63) is 29.6 Å².